The smallest absolute Gasteiger partial charge is 0.435 e. The van der Waals surface area contributed by atoms with E-state index in [1.165, 1.54) is 12.1 Å². The molecule has 0 spiro atoms. The maximum absolute atomic E-state index is 13.4. The number of hydrogen-bond donors (Lipinski definition) is 0. The molecule has 3 aromatic carbocycles. The van der Waals surface area contributed by atoms with Crippen LogP contribution in [0.1, 0.15) is 11.4 Å². The van der Waals surface area contributed by atoms with Crippen molar-refractivity contribution < 1.29 is 27.4 Å². The van der Waals surface area contributed by atoms with E-state index in [-0.39, 0.29) is 34.8 Å². The highest BCUT2D eigenvalue weighted by Gasteiger charge is 2.35. The van der Waals surface area contributed by atoms with E-state index >= 15 is 0 Å². The lowest BCUT2D eigenvalue weighted by atomic mass is 10.1. The van der Waals surface area contributed by atoms with Gasteiger partial charge in [-0.1, -0.05) is 47.5 Å². The highest BCUT2D eigenvalue weighted by molar-refractivity contribution is 6.37. The van der Waals surface area contributed by atoms with Crippen LogP contribution in [0.2, 0.25) is 10.0 Å². The van der Waals surface area contributed by atoms with Crippen molar-refractivity contribution in [2.45, 2.75) is 12.8 Å². The van der Waals surface area contributed by atoms with E-state index in [9.17, 15) is 13.2 Å². The summed E-state index contributed by atoms with van der Waals surface area (Å²) in [4.78, 5) is 0. The maximum atomic E-state index is 13.4. The molecule has 0 saturated heterocycles. The van der Waals surface area contributed by atoms with Gasteiger partial charge in [0.05, 0.1) is 15.7 Å². The van der Waals surface area contributed by atoms with Gasteiger partial charge in [0.25, 0.3) is 0 Å². The zero-order valence-electron chi connectivity index (χ0n) is 17.3. The Balaban J connectivity index is 1.39. The Bertz CT molecular complexity index is 1330. The fraction of sp³-hybridized carbons (Fsp3) is 0.125. The van der Waals surface area contributed by atoms with Crippen molar-refractivity contribution in [2.24, 2.45) is 0 Å². The fourth-order valence-electron chi connectivity index (χ4n) is 3.52. The molecule has 0 radical (unpaired) electrons. The largest absolute Gasteiger partial charge is 0.487 e. The Morgan fingerprint density at radius 3 is 2.26 bits per heavy atom. The van der Waals surface area contributed by atoms with Crippen LogP contribution in [0.4, 0.5) is 13.2 Å². The van der Waals surface area contributed by atoms with E-state index in [0.717, 1.165) is 21.9 Å². The quantitative estimate of drug-likeness (QED) is 0.287. The van der Waals surface area contributed by atoms with Crippen LogP contribution in [0.15, 0.2) is 66.7 Å². The zero-order chi connectivity index (χ0) is 23.9. The summed E-state index contributed by atoms with van der Waals surface area (Å²) in [6, 6.07) is 18.3. The minimum absolute atomic E-state index is 0.141. The second kappa shape index (κ2) is 8.77. The Kier molecular flexibility index (Phi) is 5.79. The van der Waals surface area contributed by atoms with Crippen molar-refractivity contribution in [2.75, 3.05) is 6.79 Å². The summed E-state index contributed by atoms with van der Waals surface area (Å²) in [6.07, 6.45) is -4.64. The molecular formula is C24H15Cl2F3N2O3. The number of aromatic nitrogens is 2. The topological polar surface area (TPSA) is 45.5 Å². The second-order valence-electron chi connectivity index (χ2n) is 7.38. The first-order chi connectivity index (χ1) is 16.3. The molecule has 0 saturated carbocycles. The van der Waals surface area contributed by atoms with Gasteiger partial charge in [0.2, 0.25) is 6.79 Å². The minimum Gasteiger partial charge on any atom is -0.487 e. The Morgan fingerprint density at radius 1 is 0.882 bits per heavy atom. The van der Waals surface area contributed by atoms with Gasteiger partial charge in [0, 0.05) is 0 Å². The van der Waals surface area contributed by atoms with Crippen molar-refractivity contribution in [3.8, 4) is 34.1 Å². The van der Waals surface area contributed by atoms with Crippen LogP contribution in [-0.4, -0.2) is 16.6 Å². The summed E-state index contributed by atoms with van der Waals surface area (Å²) in [6.45, 7) is 0.00556. The molecule has 0 unspecified atom stereocenters. The molecule has 0 aliphatic carbocycles. The van der Waals surface area contributed by atoms with Crippen LogP contribution in [0.5, 0.6) is 17.2 Å². The number of hydrogen-bond acceptors (Lipinski definition) is 4. The van der Waals surface area contributed by atoms with Crippen LogP contribution < -0.4 is 14.2 Å². The van der Waals surface area contributed by atoms with Crippen LogP contribution in [0.25, 0.3) is 16.8 Å². The summed E-state index contributed by atoms with van der Waals surface area (Å²) in [5.74, 6) is 1.83. The van der Waals surface area contributed by atoms with Crippen molar-refractivity contribution in [3.05, 3.63) is 88.2 Å². The first-order valence-corrected chi connectivity index (χ1v) is 10.8. The summed E-state index contributed by atoms with van der Waals surface area (Å²) >= 11 is 12.4. The number of alkyl halides is 3. The Morgan fingerprint density at radius 2 is 1.56 bits per heavy atom. The molecule has 1 aliphatic rings. The van der Waals surface area contributed by atoms with Gasteiger partial charge < -0.3 is 14.2 Å². The highest BCUT2D eigenvalue weighted by atomic mass is 35.5. The molecule has 174 valence electrons. The maximum Gasteiger partial charge on any atom is 0.435 e. The number of rotatable bonds is 5. The number of halogens is 5. The molecule has 0 atom stereocenters. The highest BCUT2D eigenvalue weighted by Crippen LogP contribution is 2.37. The molecule has 0 fully saturated rings. The van der Waals surface area contributed by atoms with Gasteiger partial charge in [-0.15, -0.1) is 0 Å². The lowest BCUT2D eigenvalue weighted by molar-refractivity contribution is -0.141. The lowest BCUT2D eigenvalue weighted by Crippen LogP contribution is -2.09. The summed E-state index contributed by atoms with van der Waals surface area (Å²) in [5.41, 5.74) is 1.07. The number of ether oxygens (including phenoxy) is 3. The van der Waals surface area contributed by atoms with Crippen molar-refractivity contribution >= 4 is 23.2 Å². The molecule has 1 aliphatic heterocycles. The molecule has 5 rings (SSSR count). The van der Waals surface area contributed by atoms with Crippen molar-refractivity contribution in [3.63, 3.8) is 0 Å². The molecule has 34 heavy (non-hydrogen) atoms. The van der Waals surface area contributed by atoms with E-state index in [1.807, 2.05) is 30.3 Å². The molecule has 10 heteroatoms. The third kappa shape index (κ3) is 4.38. The third-order valence-electron chi connectivity index (χ3n) is 5.17. The zero-order valence-corrected chi connectivity index (χ0v) is 18.8. The number of nitrogens with zero attached hydrogens (tertiary/aromatic N) is 2. The fourth-order valence-corrected chi connectivity index (χ4v) is 4.08. The molecule has 0 amide bonds. The monoisotopic (exact) mass is 506 g/mol. The molecule has 0 N–H and O–H groups in total. The average Bonchev–Trinajstić information content (AvgIpc) is 3.44. The number of fused-ring (bicyclic) bond motifs is 1. The third-order valence-corrected chi connectivity index (χ3v) is 5.78. The average molecular weight is 507 g/mol. The van der Waals surface area contributed by atoms with Crippen LogP contribution in [-0.2, 0) is 12.8 Å². The molecule has 4 aromatic rings. The molecule has 1 aromatic heterocycles. The predicted molar refractivity (Wildman–Crippen MR) is 121 cm³/mol. The van der Waals surface area contributed by atoms with Gasteiger partial charge in [-0.3, -0.25) is 0 Å². The number of benzene rings is 3. The summed E-state index contributed by atoms with van der Waals surface area (Å²) in [5, 5.41) is 4.02. The van der Waals surface area contributed by atoms with Gasteiger partial charge in [0.1, 0.15) is 18.0 Å². The van der Waals surface area contributed by atoms with Crippen LogP contribution in [0, 0.1) is 0 Å². The van der Waals surface area contributed by atoms with Crippen LogP contribution >= 0.6 is 23.2 Å². The predicted octanol–water partition coefficient (Wildman–Crippen LogP) is 7.17. The van der Waals surface area contributed by atoms with Gasteiger partial charge in [0.15, 0.2) is 17.2 Å². The standard InChI is InChI=1S/C24H15Cl2F3N2O3/c25-18-2-1-3-19(26)23(18)31-16(11-22(30-31)24(27,28)29)12-32-17-7-4-14(5-8-17)15-6-9-20-21(10-15)34-13-33-20/h1-11H,12-13H2. The first kappa shape index (κ1) is 22.4. The summed E-state index contributed by atoms with van der Waals surface area (Å²) < 4.78 is 57.6. The normalized spacial score (nSPS) is 12.7. The molecule has 5 nitrogen and oxygen atoms in total. The van der Waals surface area contributed by atoms with Gasteiger partial charge in [-0.05, 0) is 53.6 Å². The van der Waals surface area contributed by atoms with E-state index in [4.69, 9.17) is 37.4 Å². The van der Waals surface area contributed by atoms with E-state index < -0.39 is 11.9 Å². The molecule has 0 bridgehead atoms. The molecular weight excluding hydrogens is 492 g/mol. The van der Waals surface area contributed by atoms with Gasteiger partial charge in [-0.25, -0.2) is 4.68 Å². The van der Waals surface area contributed by atoms with E-state index in [2.05, 4.69) is 5.10 Å². The Hall–Kier alpha value is -3.36. The van der Waals surface area contributed by atoms with Crippen molar-refractivity contribution in [1.82, 2.24) is 9.78 Å². The van der Waals surface area contributed by atoms with Gasteiger partial charge in [-0.2, -0.15) is 18.3 Å². The summed E-state index contributed by atoms with van der Waals surface area (Å²) in [7, 11) is 0. The lowest BCUT2D eigenvalue weighted by Gasteiger charge is -2.12. The first-order valence-electron chi connectivity index (χ1n) is 10.0. The number of para-hydroxylation sites is 1. The second-order valence-corrected chi connectivity index (χ2v) is 8.20. The van der Waals surface area contributed by atoms with Crippen LogP contribution in [0.3, 0.4) is 0 Å². The van der Waals surface area contributed by atoms with Gasteiger partial charge >= 0.3 is 6.18 Å². The Labute approximate surface area is 202 Å². The minimum atomic E-state index is -4.64. The molecule has 2 heterocycles. The van der Waals surface area contributed by atoms with Crippen molar-refractivity contribution in [1.29, 1.82) is 0 Å². The van der Waals surface area contributed by atoms with E-state index in [1.54, 1.807) is 18.2 Å². The SMILES string of the molecule is FC(F)(F)c1cc(COc2ccc(-c3ccc4c(c3)OCO4)cc2)n(-c2c(Cl)cccc2Cl)n1. The van der Waals surface area contributed by atoms with E-state index in [0.29, 0.717) is 17.2 Å².